The van der Waals surface area contributed by atoms with Crippen LogP contribution >= 0.6 is 11.6 Å². The fourth-order valence-corrected chi connectivity index (χ4v) is 2.23. The Morgan fingerprint density at radius 3 is 2.00 bits per heavy atom. The Morgan fingerprint density at radius 1 is 0.964 bits per heavy atom. The third kappa shape index (κ3) is 4.39. The lowest BCUT2D eigenvalue weighted by Gasteiger charge is -2.15. The molecule has 28 heavy (non-hydrogen) atoms. The van der Waals surface area contributed by atoms with Crippen molar-refractivity contribution >= 4 is 34.5 Å². The van der Waals surface area contributed by atoms with Gasteiger partial charge in [0, 0.05) is 12.3 Å². The summed E-state index contributed by atoms with van der Waals surface area (Å²) in [6.45, 7) is 0. The van der Waals surface area contributed by atoms with Crippen molar-refractivity contribution in [3.05, 3.63) is 60.8 Å². The number of halogens is 7. The maximum absolute atomic E-state index is 13.3. The third-order valence-electron chi connectivity index (χ3n) is 3.23. The summed E-state index contributed by atoms with van der Waals surface area (Å²) in [4.78, 5) is 22.5. The molecule has 0 saturated heterocycles. The molecule has 0 aliphatic carbocycles. The van der Waals surface area contributed by atoms with Gasteiger partial charge in [0.1, 0.15) is 11.5 Å². The summed E-state index contributed by atoms with van der Waals surface area (Å²) in [7, 11) is 0. The van der Waals surface area contributed by atoms with Gasteiger partial charge in [-0.15, -0.1) is 0 Å². The van der Waals surface area contributed by atoms with E-state index < -0.39 is 61.2 Å². The molecule has 0 atom stereocenters. The number of nitro groups is 2. The smallest absolute Gasteiger partial charge is 0.333 e. The third-order valence-corrected chi connectivity index (χ3v) is 3.52. The molecule has 0 amide bonds. The van der Waals surface area contributed by atoms with E-state index in [9.17, 15) is 46.6 Å². The zero-order valence-corrected chi connectivity index (χ0v) is 13.7. The molecule has 1 aromatic heterocycles. The highest BCUT2D eigenvalue weighted by molar-refractivity contribution is 6.33. The largest absolute Gasteiger partial charge is 0.418 e. The quantitative estimate of drug-likeness (QED) is 0.398. The topological polar surface area (TPSA) is 111 Å². The van der Waals surface area contributed by atoms with Gasteiger partial charge in [-0.2, -0.15) is 26.3 Å². The Kier molecular flexibility index (Phi) is 5.36. The fourth-order valence-electron chi connectivity index (χ4n) is 2.02. The van der Waals surface area contributed by atoms with Crippen LogP contribution < -0.4 is 5.32 Å². The molecule has 0 aliphatic heterocycles. The maximum atomic E-state index is 13.3. The van der Waals surface area contributed by atoms with E-state index in [-0.39, 0.29) is 18.3 Å². The van der Waals surface area contributed by atoms with Crippen LogP contribution in [-0.2, 0) is 12.4 Å². The van der Waals surface area contributed by atoms with Gasteiger partial charge in [-0.3, -0.25) is 20.2 Å². The van der Waals surface area contributed by atoms with Crippen molar-refractivity contribution in [2.45, 2.75) is 12.4 Å². The SMILES string of the molecule is O=[N+]([O-])c1cc([N+](=O)[O-])c(Nc2ncc(C(F)(F)F)cc2Cl)c(C(F)(F)F)c1. The number of nitrogens with one attached hydrogen (secondary N) is 1. The van der Waals surface area contributed by atoms with Gasteiger partial charge < -0.3 is 5.32 Å². The molecule has 1 heterocycles. The van der Waals surface area contributed by atoms with Crippen LogP contribution in [0.3, 0.4) is 0 Å². The molecule has 15 heteroatoms. The number of non-ortho nitro benzene ring substituents is 1. The molecular formula is C13H5ClF6N4O4. The van der Waals surface area contributed by atoms with Crippen LogP contribution in [0.25, 0.3) is 0 Å². The van der Waals surface area contributed by atoms with Crippen LogP contribution in [0.15, 0.2) is 24.4 Å². The molecule has 0 fully saturated rings. The van der Waals surface area contributed by atoms with E-state index in [1.807, 2.05) is 5.32 Å². The summed E-state index contributed by atoms with van der Waals surface area (Å²) >= 11 is 5.58. The summed E-state index contributed by atoms with van der Waals surface area (Å²) in [6.07, 6.45) is -9.87. The van der Waals surface area contributed by atoms with Crippen LogP contribution in [0.5, 0.6) is 0 Å². The first kappa shape index (κ1) is 21.1. The van der Waals surface area contributed by atoms with E-state index in [1.165, 1.54) is 0 Å². The molecule has 0 bridgehead atoms. The van der Waals surface area contributed by atoms with Crippen LogP contribution in [0.4, 0.5) is 49.2 Å². The van der Waals surface area contributed by atoms with Gasteiger partial charge in [-0.05, 0) is 6.07 Å². The predicted molar refractivity (Wildman–Crippen MR) is 82.3 cm³/mol. The van der Waals surface area contributed by atoms with E-state index in [1.54, 1.807) is 0 Å². The Balaban J connectivity index is 2.68. The first-order valence-corrected chi connectivity index (χ1v) is 7.13. The number of nitrogens with zero attached hydrogens (tertiary/aromatic N) is 3. The number of pyridine rings is 1. The van der Waals surface area contributed by atoms with Crippen LogP contribution in [0.2, 0.25) is 5.02 Å². The van der Waals surface area contributed by atoms with Crippen LogP contribution in [-0.4, -0.2) is 14.8 Å². The summed E-state index contributed by atoms with van der Waals surface area (Å²) in [5, 5.41) is 22.9. The number of benzene rings is 1. The monoisotopic (exact) mass is 430 g/mol. The zero-order chi connectivity index (χ0) is 21.4. The lowest BCUT2D eigenvalue weighted by molar-refractivity contribution is -0.394. The van der Waals surface area contributed by atoms with Gasteiger partial charge in [-0.25, -0.2) is 4.98 Å². The average molecular weight is 431 g/mol. The minimum Gasteiger partial charge on any atom is -0.333 e. The van der Waals surface area contributed by atoms with Crippen LogP contribution in [0.1, 0.15) is 11.1 Å². The number of nitro benzene ring substituents is 2. The van der Waals surface area contributed by atoms with Gasteiger partial charge in [0.05, 0.1) is 32.1 Å². The molecule has 0 radical (unpaired) electrons. The minimum atomic E-state index is -5.28. The van der Waals surface area contributed by atoms with Crippen molar-refractivity contribution in [3.8, 4) is 0 Å². The highest BCUT2D eigenvalue weighted by Crippen LogP contribution is 2.44. The second-order valence-corrected chi connectivity index (χ2v) is 5.48. The van der Waals surface area contributed by atoms with E-state index in [4.69, 9.17) is 11.6 Å². The molecule has 2 aromatic rings. The van der Waals surface area contributed by atoms with Gasteiger partial charge in [0.2, 0.25) is 0 Å². The fraction of sp³-hybridized carbons (Fsp3) is 0.154. The summed E-state index contributed by atoms with van der Waals surface area (Å²) in [5.41, 5.74) is -6.93. The van der Waals surface area contributed by atoms with Gasteiger partial charge in [0.25, 0.3) is 11.4 Å². The highest BCUT2D eigenvalue weighted by atomic mass is 35.5. The van der Waals surface area contributed by atoms with Gasteiger partial charge >= 0.3 is 12.4 Å². The second kappa shape index (κ2) is 7.10. The predicted octanol–water partition coefficient (Wildman–Crippen LogP) is 5.33. The first-order valence-electron chi connectivity index (χ1n) is 6.75. The number of alkyl halides is 6. The molecule has 0 unspecified atom stereocenters. The summed E-state index contributed by atoms with van der Waals surface area (Å²) in [5.74, 6) is -0.753. The molecule has 2 rings (SSSR count). The van der Waals surface area contributed by atoms with Crippen molar-refractivity contribution in [2.75, 3.05) is 5.32 Å². The van der Waals surface area contributed by atoms with E-state index in [0.717, 1.165) is 0 Å². The Labute approximate surface area is 155 Å². The van der Waals surface area contributed by atoms with Crippen molar-refractivity contribution in [1.82, 2.24) is 4.98 Å². The van der Waals surface area contributed by atoms with Crippen molar-refractivity contribution in [3.63, 3.8) is 0 Å². The molecular weight excluding hydrogens is 426 g/mol. The number of anilines is 2. The molecule has 150 valence electrons. The van der Waals surface area contributed by atoms with Crippen molar-refractivity contribution < 1.29 is 36.2 Å². The molecule has 0 aliphatic rings. The maximum Gasteiger partial charge on any atom is 0.418 e. The standard InChI is InChI=1S/C13H5ClF6N4O4/c14-8-1-5(12(15,16)17)4-21-11(8)22-10-7(13(18,19)20)2-6(23(25)26)3-9(10)24(27)28/h1-4H,(H,21,22). The zero-order valence-electron chi connectivity index (χ0n) is 12.9. The van der Waals surface area contributed by atoms with Crippen molar-refractivity contribution in [2.24, 2.45) is 0 Å². The lowest BCUT2D eigenvalue weighted by atomic mass is 10.1. The normalized spacial score (nSPS) is 12.0. The molecule has 8 nitrogen and oxygen atoms in total. The highest BCUT2D eigenvalue weighted by Gasteiger charge is 2.40. The molecule has 0 spiro atoms. The number of rotatable bonds is 4. The average Bonchev–Trinajstić information content (AvgIpc) is 2.54. The number of hydrogen-bond donors (Lipinski definition) is 1. The molecule has 0 saturated carbocycles. The van der Waals surface area contributed by atoms with Crippen LogP contribution in [0, 0.1) is 20.2 Å². The summed E-state index contributed by atoms with van der Waals surface area (Å²) < 4.78 is 77.7. The van der Waals surface area contributed by atoms with E-state index in [2.05, 4.69) is 4.98 Å². The second-order valence-electron chi connectivity index (χ2n) is 5.08. The van der Waals surface area contributed by atoms with Gasteiger partial charge in [-0.1, -0.05) is 11.6 Å². The Bertz CT molecular complexity index is 963. The lowest BCUT2D eigenvalue weighted by Crippen LogP contribution is -2.13. The van der Waals surface area contributed by atoms with E-state index in [0.29, 0.717) is 6.07 Å². The summed E-state index contributed by atoms with van der Waals surface area (Å²) in [6, 6.07) is 0.643. The van der Waals surface area contributed by atoms with Crippen molar-refractivity contribution in [1.29, 1.82) is 0 Å². The first-order chi connectivity index (χ1) is 12.7. The molecule has 1 aromatic carbocycles. The van der Waals surface area contributed by atoms with Gasteiger partial charge in [0.15, 0.2) is 0 Å². The Hall–Kier alpha value is -3.16. The Morgan fingerprint density at radius 2 is 1.57 bits per heavy atom. The van der Waals surface area contributed by atoms with E-state index >= 15 is 0 Å². The molecule has 1 N–H and O–H groups in total. The minimum absolute atomic E-state index is 0.0350. The number of hydrogen-bond acceptors (Lipinski definition) is 6. The number of aromatic nitrogens is 1.